The minimum absolute atomic E-state index is 0.129. The number of piperidine rings is 1. The van der Waals surface area contributed by atoms with E-state index >= 15 is 0 Å². The molecule has 1 aliphatic rings. The number of hydrogen-bond donors (Lipinski definition) is 0. The first-order chi connectivity index (χ1) is 23.1. The number of carbonyl (C=O) groups excluding carboxylic acids is 1. The maximum Gasteiger partial charge on any atom is 0.333 e. The molecule has 0 amide bonds. The third-order valence-electron chi connectivity index (χ3n) is 8.93. The van der Waals surface area contributed by atoms with Gasteiger partial charge in [-0.15, -0.1) is 0 Å². The van der Waals surface area contributed by atoms with Crippen LogP contribution in [-0.4, -0.2) is 38.8 Å². The number of imidazole rings is 1. The van der Waals surface area contributed by atoms with Crippen LogP contribution in [0.1, 0.15) is 51.7 Å². The van der Waals surface area contributed by atoms with Gasteiger partial charge >= 0.3 is 11.7 Å². The molecule has 0 unspecified atom stereocenters. The molecule has 5 aromatic rings. The van der Waals surface area contributed by atoms with Crippen LogP contribution in [-0.2, 0) is 29.8 Å². The summed E-state index contributed by atoms with van der Waals surface area (Å²) in [4.78, 5) is 33.6. The Morgan fingerprint density at radius 3 is 2.10 bits per heavy atom. The van der Waals surface area contributed by atoms with Gasteiger partial charge in [0.1, 0.15) is 24.5 Å². The number of esters is 1. The summed E-state index contributed by atoms with van der Waals surface area (Å²) < 4.78 is 21.3. The highest BCUT2D eigenvalue weighted by atomic mass is 16.6. The number of benzene rings is 3. The van der Waals surface area contributed by atoms with Crippen molar-refractivity contribution in [3.63, 3.8) is 0 Å². The Bertz CT molecular complexity index is 1920. The van der Waals surface area contributed by atoms with Gasteiger partial charge in [0.2, 0.25) is 11.8 Å². The van der Waals surface area contributed by atoms with Gasteiger partial charge in [-0.3, -0.25) is 13.9 Å². The maximum absolute atomic E-state index is 13.8. The molecule has 250 valence electrons. The number of carbonyl (C=O) groups is 1. The largest absolute Gasteiger partial charge is 0.473 e. The molecule has 0 saturated carbocycles. The number of hydrogen-bond acceptors (Lipinski definition) is 7. The normalized spacial score (nSPS) is 14.6. The Labute approximate surface area is 281 Å². The maximum atomic E-state index is 13.8. The lowest BCUT2D eigenvalue weighted by Gasteiger charge is -2.36. The number of ether oxygens (including phenoxy) is 3. The molecule has 9 nitrogen and oxygen atoms in total. The van der Waals surface area contributed by atoms with E-state index in [1.807, 2.05) is 100 Å². The van der Waals surface area contributed by atoms with Crippen LogP contribution in [0.25, 0.3) is 16.7 Å². The average Bonchev–Trinajstić information content (AvgIpc) is 3.34. The molecule has 1 fully saturated rings. The average molecular weight is 649 g/mol. The molecule has 1 saturated heterocycles. The lowest BCUT2D eigenvalue weighted by atomic mass is 9.85. The van der Waals surface area contributed by atoms with Crippen LogP contribution >= 0.6 is 0 Å². The fourth-order valence-corrected chi connectivity index (χ4v) is 6.23. The van der Waals surface area contributed by atoms with Crippen LogP contribution in [0.2, 0.25) is 0 Å². The Morgan fingerprint density at radius 2 is 1.48 bits per heavy atom. The van der Waals surface area contributed by atoms with Crippen LogP contribution < -0.4 is 20.1 Å². The first kappa shape index (κ1) is 32.9. The second-order valence-corrected chi connectivity index (χ2v) is 13.5. The molecule has 1 atom stereocenters. The third kappa shape index (κ3) is 7.40. The molecule has 0 radical (unpaired) electrons. The van der Waals surface area contributed by atoms with Crippen LogP contribution in [0, 0.1) is 11.8 Å². The number of aromatic nitrogens is 3. The van der Waals surface area contributed by atoms with Gasteiger partial charge in [0.05, 0.1) is 17.0 Å². The van der Waals surface area contributed by atoms with Gasteiger partial charge < -0.3 is 19.1 Å². The van der Waals surface area contributed by atoms with E-state index in [9.17, 15) is 9.59 Å². The highest BCUT2D eigenvalue weighted by molar-refractivity contribution is 5.82. The molecule has 0 bridgehead atoms. The monoisotopic (exact) mass is 648 g/mol. The van der Waals surface area contributed by atoms with Crippen molar-refractivity contribution >= 4 is 22.7 Å². The molecule has 3 heterocycles. The highest BCUT2D eigenvalue weighted by Crippen LogP contribution is 2.33. The zero-order valence-corrected chi connectivity index (χ0v) is 28.4. The molecule has 3 aromatic carbocycles. The van der Waals surface area contributed by atoms with Crippen LogP contribution in [0.3, 0.4) is 0 Å². The van der Waals surface area contributed by atoms with Gasteiger partial charge in [0, 0.05) is 31.9 Å². The van der Waals surface area contributed by atoms with E-state index in [2.05, 4.69) is 17.0 Å². The standard InChI is InChI=1S/C39H44N4O5/c1-27(37(44)48-39(2,3)4)30-20-22-42(23-21-30)31-16-17-32-34(24-31)41(5)38(45)43(32)33-18-19-35(46-25-28-12-8-6-9-13-28)40-36(33)47-26-29-14-10-7-11-15-29/h6-19,24,27,30H,20-23,25-26H2,1-5H3/t27-/m0/s1. The molecule has 6 rings (SSSR count). The van der Waals surface area contributed by atoms with Gasteiger partial charge in [0.15, 0.2) is 0 Å². The first-order valence-electron chi connectivity index (χ1n) is 16.6. The minimum Gasteiger partial charge on any atom is -0.473 e. The zero-order valence-electron chi connectivity index (χ0n) is 28.4. The summed E-state index contributed by atoms with van der Waals surface area (Å²) in [6, 6.07) is 29.5. The zero-order chi connectivity index (χ0) is 33.8. The summed E-state index contributed by atoms with van der Waals surface area (Å²) in [7, 11) is 1.79. The molecule has 0 aliphatic carbocycles. The molecule has 0 N–H and O–H groups in total. The molecule has 1 aliphatic heterocycles. The van der Waals surface area contributed by atoms with Crippen molar-refractivity contribution in [1.82, 2.24) is 14.1 Å². The van der Waals surface area contributed by atoms with Crippen molar-refractivity contribution in [1.29, 1.82) is 0 Å². The minimum atomic E-state index is -0.489. The smallest absolute Gasteiger partial charge is 0.333 e. The summed E-state index contributed by atoms with van der Waals surface area (Å²) in [5, 5.41) is 0. The van der Waals surface area contributed by atoms with Gasteiger partial charge in [-0.05, 0) is 74.9 Å². The van der Waals surface area contributed by atoms with Crippen LogP contribution in [0.15, 0.2) is 95.8 Å². The van der Waals surface area contributed by atoms with Gasteiger partial charge in [-0.2, -0.15) is 4.98 Å². The Morgan fingerprint density at radius 1 is 0.854 bits per heavy atom. The number of aryl methyl sites for hydroxylation is 1. The molecular formula is C39H44N4O5. The van der Waals surface area contributed by atoms with Crippen molar-refractivity contribution < 1.29 is 19.0 Å². The van der Waals surface area contributed by atoms with E-state index in [-0.39, 0.29) is 30.1 Å². The Balaban J connectivity index is 1.25. The van der Waals surface area contributed by atoms with Crippen molar-refractivity contribution in [3.8, 4) is 17.4 Å². The molecule has 2 aromatic heterocycles. The number of nitrogens with zero attached hydrogens (tertiary/aromatic N) is 4. The highest BCUT2D eigenvalue weighted by Gasteiger charge is 2.31. The van der Waals surface area contributed by atoms with Gasteiger partial charge in [-0.1, -0.05) is 67.6 Å². The molecule has 0 spiro atoms. The summed E-state index contributed by atoms with van der Waals surface area (Å²) in [6.45, 7) is 9.99. The summed E-state index contributed by atoms with van der Waals surface area (Å²) in [6.07, 6.45) is 1.79. The second kappa shape index (κ2) is 14.0. The van der Waals surface area contributed by atoms with Crippen molar-refractivity contribution in [2.75, 3.05) is 18.0 Å². The van der Waals surface area contributed by atoms with E-state index in [4.69, 9.17) is 19.2 Å². The summed E-state index contributed by atoms with van der Waals surface area (Å²) >= 11 is 0. The van der Waals surface area contributed by atoms with E-state index in [1.165, 1.54) is 0 Å². The second-order valence-electron chi connectivity index (χ2n) is 13.5. The van der Waals surface area contributed by atoms with Crippen LogP contribution in [0.5, 0.6) is 11.8 Å². The van der Waals surface area contributed by atoms with Crippen molar-refractivity contribution in [2.45, 2.75) is 59.4 Å². The Kier molecular flexibility index (Phi) is 9.57. The van der Waals surface area contributed by atoms with E-state index in [0.717, 1.165) is 53.8 Å². The quantitative estimate of drug-likeness (QED) is 0.150. The lowest BCUT2D eigenvalue weighted by Crippen LogP contribution is -2.39. The predicted molar refractivity (Wildman–Crippen MR) is 188 cm³/mol. The molecule has 9 heteroatoms. The topological polar surface area (TPSA) is 87.8 Å². The third-order valence-corrected chi connectivity index (χ3v) is 8.93. The van der Waals surface area contributed by atoms with E-state index in [0.29, 0.717) is 24.1 Å². The predicted octanol–water partition coefficient (Wildman–Crippen LogP) is 7.08. The number of rotatable bonds is 10. The summed E-state index contributed by atoms with van der Waals surface area (Å²) in [5.74, 6) is 0.712. The van der Waals surface area contributed by atoms with Crippen molar-refractivity contribution in [2.24, 2.45) is 18.9 Å². The SMILES string of the molecule is C[C@H](C(=O)OC(C)(C)C)C1CCN(c2ccc3c(c2)n(C)c(=O)n3-c2ccc(OCc3ccccc3)nc2OCc2ccccc2)CC1. The number of pyridine rings is 1. The van der Waals surface area contributed by atoms with Crippen LogP contribution in [0.4, 0.5) is 5.69 Å². The first-order valence-corrected chi connectivity index (χ1v) is 16.6. The Hall–Kier alpha value is -5.05. The number of fused-ring (bicyclic) bond motifs is 1. The lowest BCUT2D eigenvalue weighted by molar-refractivity contribution is -0.161. The summed E-state index contributed by atoms with van der Waals surface area (Å²) in [5.41, 5.74) is 4.47. The van der Waals surface area contributed by atoms with Gasteiger partial charge in [-0.25, -0.2) is 4.79 Å². The van der Waals surface area contributed by atoms with Gasteiger partial charge in [0.25, 0.3) is 0 Å². The molecular weight excluding hydrogens is 604 g/mol. The fourth-order valence-electron chi connectivity index (χ4n) is 6.23. The van der Waals surface area contributed by atoms with E-state index in [1.54, 1.807) is 22.2 Å². The molecule has 48 heavy (non-hydrogen) atoms. The number of anilines is 1. The van der Waals surface area contributed by atoms with E-state index < -0.39 is 5.60 Å². The fraction of sp³-hybridized carbons (Fsp3) is 0.359. The van der Waals surface area contributed by atoms with Crippen molar-refractivity contribution in [3.05, 3.63) is 113 Å².